The molecule has 21 heavy (non-hydrogen) atoms. The number of halogens is 2. The fourth-order valence-corrected chi connectivity index (χ4v) is 2.34. The Hall–Kier alpha value is -1.93. The monoisotopic (exact) mass is 413 g/mol. The molecule has 2 aromatic rings. The molecule has 0 aliphatic rings. The van der Waals surface area contributed by atoms with Gasteiger partial charge in [-0.3, -0.25) is 14.9 Å². The van der Waals surface area contributed by atoms with Gasteiger partial charge >= 0.3 is 0 Å². The average Bonchev–Trinajstić information content (AvgIpc) is 2.43. The molecule has 3 N–H and O–H groups in total. The summed E-state index contributed by atoms with van der Waals surface area (Å²) in [5.41, 5.74) is 6.54. The maximum atomic E-state index is 12.2. The van der Waals surface area contributed by atoms with Gasteiger partial charge in [0.05, 0.1) is 16.2 Å². The van der Waals surface area contributed by atoms with Crippen LogP contribution >= 0.6 is 31.9 Å². The highest BCUT2D eigenvalue weighted by molar-refractivity contribution is 9.10. The molecule has 0 saturated carbocycles. The zero-order chi connectivity index (χ0) is 15.6. The van der Waals surface area contributed by atoms with Crippen molar-refractivity contribution in [1.29, 1.82) is 0 Å². The summed E-state index contributed by atoms with van der Waals surface area (Å²) in [5, 5.41) is 13.4. The van der Waals surface area contributed by atoms with Crippen LogP contribution in [-0.2, 0) is 0 Å². The van der Waals surface area contributed by atoms with E-state index >= 15 is 0 Å². The maximum Gasteiger partial charge on any atom is 0.271 e. The molecule has 0 radical (unpaired) electrons. The van der Waals surface area contributed by atoms with Crippen molar-refractivity contribution in [3.05, 3.63) is 61.0 Å². The first-order chi connectivity index (χ1) is 9.88. The zero-order valence-electron chi connectivity index (χ0n) is 10.5. The molecule has 0 unspecified atom stereocenters. The number of nitrogens with two attached hydrogens (primary N) is 1. The lowest BCUT2D eigenvalue weighted by molar-refractivity contribution is -0.384. The normalized spacial score (nSPS) is 10.2. The predicted molar refractivity (Wildman–Crippen MR) is 87.3 cm³/mol. The number of carbonyl (C=O) groups is 1. The summed E-state index contributed by atoms with van der Waals surface area (Å²) >= 11 is 6.50. The fourth-order valence-electron chi connectivity index (χ4n) is 1.64. The molecule has 0 aromatic heterocycles. The van der Waals surface area contributed by atoms with E-state index < -0.39 is 10.8 Å². The molecule has 8 heteroatoms. The van der Waals surface area contributed by atoms with Gasteiger partial charge in [0.25, 0.3) is 11.6 Å². The molecule has 2 aromatic carbocycles. The van der Waals surface area contributed by atoms with Gasteiger partial charge in [0.1, 0.15) is 0 Å². The third-order valence-electron chi connectivity index (χ3n) is 2.67. The van der Waals surface area contributed by atoms with Gasteiger partial charge in [-0.15, -0.1) is 0 Å². The number of amides is 1. The molecule has 0 spiro atoms. The Morgan fingerprint density at radius 1 is 1.19 bits per heavy atom. The number of benzene rings is 2. The predicted octanol–water partition coefficient (Wildman–Crippen LogP) is 3.95. The van der Waals surface area contributed by atoms with Crippen molar-refractivity contribution in [3.8, 4) is 0 Å². The van der Waals surface area contributed by atoms with Crippen LogP contribution in [0.1, 0.15) is 10.4 Å². The number of nitrogens with one attached hydrogen (secondary N) is 1. The van der Waals surface area contributed by atoms with E-state index in [1.54, 1.807) is 18.2 Å². The summed E-state index contributed by atoms with van der Waals surface area (Å²) in [5.74, 6) is -0.449. The van der Waals surface area contributed by atoms with Crippen molar-refractivity contribution < 1.29 is 9.72 Å². The largest absolute Gasteiger partial charge is 0.398 e. The number of hydrogen-bond donors (Lipinski definition) is 2. The van der Waals surface area contributed by atoms with Gasteiger partial charge in [-0.25, -0.2) is 0 Å². The number of carbonyl (C=O) groups excluding carboxylic acids is 1. The van der Waals surface area contributed by atoms with Crippen molar-refractivity contribution in [2.24, 2.45) is 0 Å². The number of hydrogen-bond acceptors (Lipinski definition) is 4. The first-order valence-corrected chi connectivity index (χ1v) is 7.27. The Kier molecular flexibility index (Phi) is 4.59. The van der Waals surface area contributed by atoms with Gasteiger partial charge in [-0.1, -0.05) is 15.9 Å². The minimum absolute atomic E-state index is 0.115. The molecule has 0 atom stereocenters. The molecule has 0 heterocycles. The van der Waals surface area contributed by atoms with Crippen LogP contribution in [-0.4, -0.2) is 10.8 Å². The standard InChI is InChI=1S/C13H9Br2N3O3/c14-7-1-4-11(16)9(5-7)13(19)17-12-6-8(18(20)21)2-3-10(12)15/h1-6H,16H2,(H,17,19). The average molecular weight is 415 g/mol. The molecule has 0 fully saturated rings. The summed E-state index contributed by atoms with van der Waals surface area (Å²) in [6.45, 7) is 0. The molecular weight excluding hydrogens is 406 g/mol. The molecular formula is C13H9Br2N3O3. The van der Waals surface area contributed by atoms with E-state index in [1.807, 2.05) is 0 Å². The van der Waals surface area contributed by atoms with Crippen LogP contribution in [0.3, 0.4) is 0 Å². The fraction of sp³-hybridized carbons (Fsp3) is 0. The Labute approximate surface area is 136 Å². The van der Waals surface area contributed by atoms with E-state index in [2.05, 4.69) is 37.2 Å². The lowest BCUT2D eigenvalue weighted by Gasteiger charge is -2.09. The molecule has 6 nitrogen and oxygen atoms in total. The van der Waals surface area contributed by atoms with Crippen LogP contribution in [0.4, 0.5) is 17.1 Å². The summed E-state index contributed by atoms with van der Waals surface area (Å²) in [4.78, 5) is 22.5. The molecule has 0 saturated heterocycles. The Balaban J connectivity index is 2.33. The van der Waals surface area contributed by atoms with E-state index in [0.717, 1.165) is 0 Å². The minimum Gasteiger partial charge on any atom is -0.398 e. The van der Waals surface area contributed by atoms with Crippen LogP contribution in [0.25, 0.3) is 0 Å². The van der Waals surface area contributed by atoms with Crippen LogP contribution in [0.15, 0.2) is 45.3 Å². The number of nitrogens with zero attached hydrogens (tertiary/aromatic N) is 1. The Bertz CT molecular complexity index is 735. The van der Waals surface area contributed by atoms with E-state index in [0.29, 0.717) is 20.3 Å². The van der Waals surface area contributed by atoms with Crippen LogP contribution in [0, 0.1) is 10.1 Å². The number of nitro groups is 1. The smallest absolute Gasteiger partial charge is 0.271 e. The highest BCUT2D eigenvalue weighted by atomic mass is 79.9. The number of anilines is 2. The minimum atomic E-state index is -0.532. The van der Waals surface area contributed by atoms with Crippen LogP contribution in [0.5, 0.6) is 0 Å². The highest BCUT2D eigenvalue weighted by Crippen LogP contribution is 2.28. The number of nitro benzene ring substituents is 1. The summed E-state index contributed by atoms with van der Waals surface area (Å²) in [6, 6.07) is 9.01. The quantitative estimate of drug-likeness (QED) is 0.451. The van der Waals surface area contributed by atoms with Gasteiger partial charge in [0.15, 0.2) is 0 Å². The molecule has 0 aliphatic heterocycles. The summed E-state index contributed by atoms with van der Waals surface area (Å²) in [6.07, 6.45) is 0. The number of nitrogen functional groups attached to an aromatic ring is 1. The van der Waals surface area contributed by atoms with Crippen molar-refractivity contribution in [1.82, 2.24) is 0 Å². The first kappa shape index (κ1) is 15.5. The molecule has 1 amide bonds. The second-order valence-corrected chi connectivity index (χ2v) is 5.88. The third-order valence-corrected chi connectivity index (χ3v) is 3.85. The molecule has 0 aliphatic carbocycles. The molecule has 2 rings (SSSR count). The number of rotatable bonds is 3. The van der Waals surface area contributed by atoms with Crippen molar-refractivity contribution in [2.45, 2.75) is 0 Å². The van der Waals surface area contributed by atoms with E-state index in [9.17, 15) is 14.9 Å². The lowest BCUT2D eigenvalue weighted by Crippen LogP contribution is -2.14. The van der Waals surface area contributed by atoms with E-state index in [1.165, 1.54) is 18.2 Å². The van der Waals surface area contributed by atoms with Crippen molar-refractivity contribution in [2.75, 3.05) is 11.1 Å². The second kappa shape index (κ2) is 6.23. The number of non-ortho nitro benzene ring substituents is 1. The Morgan fingerprint density at radius 3 is 2.57 bits per heavy atom. The molecule has 108 valence electrons. The lowest BCUT2D eigenvalue weighted by atomic mass is 10.1. The zero-order valence-corrected chi connectivity index (χ0v) is 13.6. The van der Waals surface area contributed by atoms with Gasteiger partial charge < -0.3 is 11.1 Å². The van der Waals surface area contributed by atoms with Crippen molar-refractivity contribution >= 4 is 54.8 Å². The Morgan fingerprint density at radius 2 is 1.90 bits per heavy atom. The topological polar surface area (TPSA) is 98.3 Å². The summed E-state index contributed by atoms with van der Waals surface area (Å²) in [7, 11) is 0. The van der Waals surface area contributed by atoms with E-state index in [4.69, 9.17) is 5.73 Å². The van der Waals surface area contributed by atoms with Crippen molar-refractivity contribution in [3.63, 3.8) is 0 Å². The maximum absolute atomic E-state index is 12.2. The highest BCUT2D eigenvalue weighted by Gasteiger charge is 2.15. The van der Waals surface area contributed by atoms with Gasteiger partial charge in [0, 0.05) is 26.8 Å². The van der Waals surface area contributed by atoms with Crippen LogP contribution < -0.4 is 11.1 Å². The first-order valence-electron chi connectivity index (χ1n) is 5.69. The third kappa shape index (κ3) is 3.59. The van der Waals surface area contributed by atoms with E-state index in [-0.39, 0.29) is 11.3 Å². The SMILES string of the molecule is Nc1ccc(Br)cc1C(=O)Nc1cc([N+](=O)[O-])ccc1Br. The van der Waals surface area contributed by atoms with Gasteiger partial charge in [0.2, 0.25) is 0 Å². The van der Waals surface area contributed by atoms with Gasteiger partial charge in [-0.05, 0) is 40.2 Å². The summed E-state index contributed by atoms with van der Waals surface area (Å²) < 4.78 is 1.25. The second-order valence-electron chi connectivity index (χ2n) is 4.11. The van der Waals surface area contributed by atoms with Crippen LogP contribution in [0.2, 0.25) is 0 Å². The molecule has 0 bridgehead atoms. The van der Waals surface area contributed by atoms with Gasteiger partial charge in [-0.2, -0.15) is 0 Å².